The molecule has 0 radical (unpaired) electrons. The van der Waals surface area contributed by atoms with E-state index in [1.807, 2.05) is 54.6 Å². The monoisotopic (exact) mass is 418 g/mol. The number of carbonyl (C=O) groups is 2. The Morgan fingerprint density at radius 2 is 1.45 bits per heavy atom. The minimum atomic E-state index is -0.516. The number of halogens is 1. The van der Waals surface area contributed by atoms with Gasteiger partial charge in [-0.3, -0.25) is 19.8 Å². The summed E-state index contributed by atoms with van der Waals surface area (Å²) in [5.41, 5.74) is 3.44. The third kappa shape index (κ3) is 3.97. The molecule has 3 aromatic rings. The van der Waals surface area contributed by atoms with Crippen molar-refractivity contribution in [1.29, 1.82) is 0 Å². The van der Waals surface area contributed by atoms with Gasteiger partial charge in [0.15, 0.2) is 5.11 Å². The molecule has 29 heavy (non-hydrogen) atoms. The normalized spacial score (nSPS) is 15.6. The molecule has 0 aliphatic carbocycles. The van der Waals surface area contributed by atoms with Crippen LogP contribution in [0.25, 0.3) is 17.2 Å². The summed E-state index contributed by atoms with van der Waals surface area (Å²) in [5.74, 6) is -0.995. The largest absolute Gasteiger partial charge is 0.298 e. The van der Waals surface area contributed by atoms with E-state index >= 15 is 0 Å². The third-order valence-corrected chi connectivity index (χ3v) is 5.05. The minimum absolute atomic E-state index is 0.0148. The number of carbonyl (C=O) groups excluding carboxylic acids is 2. The molecule has 1 heterocycles. The molecule has 0 bridgehead atoms. The molecule has 3 aromatic carbocycles. The Kier molecular flexibility index (Phi) is 5.25. The van der Waals surface area contributed by atoms with E-state index in [1.54, 1.807) is 30.3 Å². The first-order valence-corrected chi connectivity index (χ1v) is 9.64. The van der Waals surface area contributed by atoms with E-state index in [0.717, 1.165) is 16.7 Å². The SMILES string of the molecule is O=C1NC(=S)N(c2ccc(Cl)cc2)C(=O)C1=Cc1ccc(-c2ccccc2)cc1. The predicted octanol–water partition coefficient (Wildman–Crippen LogP) is 4.84. The van der Waals surface area contributed by atoms with Crippen LogP contribution in [-0.2, 0) is 9.59 Å². The topological polar surface area (TPSA) is 49.4 Å². The van der Waals surface area contributed by atoms with Gasteiger partial charge in [0.2, 0.25) is 0 Å². The first kappa shape index (κ1) is 19.1. The second-order valence-electron chi connectivity index (χ2n) is 6.42. The minimum Gasteiger partial charge on any atom is -0.298 e. The van der Waals surface area contributed by atoms with Crippen molar-refractivity contribution in [2.75, 3.05) is 4.90 Å². The van der Waals surface area contributed by atoms with Crippen LogP contribution in [-0.4, -0.2) is 16.9 Å². The third-order valence-electron chi connectivity index (χ3n) is 4.52. The van der Waals surface area contributed by atoms with Crippen LogP contribution in [0.15, 0.2) is 84.4 Å². The van der Waals surface area contributed by atoms with Gasteiger partial charge in [-0.1, -0.05) is 66.2 Å². The summed E-state index contributed by atoms with van der Waals surface area (Å²) in [6.07, 6.45) is 1.57. The standard InChI is InChI=1S/C23H15ClN2O2S/c24-18-10-12-19(13-11-18)26-22(28)20(21(27)25-23(26)29)14-15-6-8-17(9-7-15)16-4-2-1-3-5-16/h1-14H,(H,25,27,29). The lowest BCUT2D eigenvalue weighted by Gasteiger charge is -2.28. The summed E-state index contributed by atoms with van der Waals surface area (Å²) in [6, 6.07) is 24.3. The Balaban J connectivity index is 1.65. The average molecular weight is 419 g/mol. The maximum atomic E-state index is 13.0. The lowest BCUT2D eigenvalue weighted by atomic mass is 10.0. The van der Waals surface area contributed by atoms with Crippen molar-refractivity contribution in [3.8, 4) is 11.1 Å². The number of nitrogens with one attached hydrogen (secondary N) is 1. The fourth-order valence-corrected chi connectivity index (χ4v) is 3.46. The van der Waals surface area contributed by atoms with Crippen LogP contribution in [0.5, 0.6) is 0 Å². The smallest absolute Gasteiger partial charge is 0.270 e. The highest BCUT2D eigenvalue weighted by Gasteiger charge is 2.34. The van der Waals surface area contributed by atoms with Gasteiger partial charge < -0.3 is 0 Å². The lowest BCUT2D eigenvalue weighted by molar-refractivity contribution is -0.122. The summed E-state index contributed by atoms with van der Waals surface area (Å²) in [6.45, 7) is 0. The Hall–Kier alpha value is -3.28. The van der Waals surface area contributed by atoms with Gasteiger partial charge in [0.1, 0.15) is 5.57 Å². The molecule has 1 aliphatic rings. The molecule has 0 aromatic heterocycles. The van der Waals surface area contributed by atoms with Gasteiger partial charge in [-0.2, -0.15) is 0 Å². The summed E-state index contributed by atoms with van der Waals surface area (Å²) in [4.78, 5) is 26.7. The summed E-state index contributed by atoms with van der Waals surface area (Å²) in [5, 5.41) is 3.16. The quantitative estimate of drug-likeness (QED) is 0.376. The van der Waals surface area contributed by atoms with Crippen molar-refractivity contribution in [3.63, 3.8) is 0 Å². The average Bonchev–Trinajstić information content (AvgIpc) is 2.73. The fraction of sp³-hybridized carbons (Fsp3) is 0. The molecule has 0 unspecified atom stereocenters. The Morgan fingerprint density at radius 1 is 0.828 bits per heavy atom. The van der Waals surface area contributed by atoms with Crippen LogP contribution in [0.1, 0.15) is 5.56 Å². The number of anilines is 1. The number of hydrogen-bond acceptors (Lipinski definition) is 3. The van der Waals surface area contributed by atoms with E-state index in [-0.39, 0.29) is 10.7 Å². The van der Waals surface area contributed by atoms with Crippen LogP contribution < -0.4 is 10.2 Å². The molecular weight excluding hydrogens is 404 g/mol. The fourth-order valence-electron chi connectivity index (χ4n) is 3.05. The summed E-state index contributed by atoms with van der Waals surface area (Å²) in [7, 11) is 0. The molecule has 1 saturated heterocycles. The highest BCUT2D eigenvalue weighted by Crippen LogP contribution is 2.25. The molecule has 1 aliphatic heterocycles. The Morgan fingerprint density at radius 3 is 2.10 bits per heavy atom. The second kappa shape index (κ2) is 7.99. The van der Waals surface area contributed by atoms with Crippen LogP contribution in [0, 0.1) is 0 Å². The van der Waals surface area contributed by atoms with E-state index in [4.69, 9.17) is 23.8 Å². The van der Waals surface area contributed by atoms with E-state index in [9.17, 15) is 9.59 Å². The zero-order valence-electron chi connectivity index (χ0n) is 15.1. The molecule has 142 valence electrons. The lowest BCUT2D eigenvalue weighted by Crippen LogP contribution is -2.54. The molecule has 4 nitrogen and oxygen atoms in total. The highest BCUT2D eigenvalue weighted by molar-refractivity contribution is 7.80. The van der Waals surface area contributed by atoms with E-state index in [2.05, 4.69) is 5.32 Å². The zero-order valence-corrected chi connectivity index (χ0v) is 16.7. The molecule has 0 atom stereocenters. The van der Waals surface area contributed by atoms with Crippen molar-refractivity contribution >= 4 is 52.5 Å². The molecule has 0 saturated carbocycles. The van der Waals surface area contributed by atoms with Crippen LogP contribution in [0.4, 0.5) is 5.69 Å². The predicted molar refractivity (Wildman–Crippen MR) is 120 cm³/mol. The van der Waals surface area contributed by atoms with Crippen molar-refractivity contribution < 1.29 is 9.59 Å². The van der Waals surface area contributed by atoms with Gasteiger partial charge in [0.05, 0.1) is 5.69 Å². The van der Waals surface area contributed by atoms with E-state index in [1.165, 1.54) is 4.90 Å². The van der Waals surface area contributed by atoms with Gasteiger partial charge in [-0.05, 0) is 59.2 Å². The first-order valence-electron chi connectivity index (χ1n) is 8.85. The second-order valence-corrected chi connectivity index (χ2v) is 7.25. The maximum Gasteiger partial charge on any atom is 0.270 e. The molecule has 1 N–H and O–H groups in total. The van der Waals surface area contributed by atoms with Crippen molar-refractivity contribution in [2.45, 2.75) is 0 Å². The van der Waals surface area contributed by atoms with Gasteiger partial charge in [0.25, 0.3) is 11.8 Å². The number of thiocarbonyl (C=S) groups is 1. The van der Waals surface area contributed by atoms with Crippen molar-refractivity contribution in [1.82, 2.24) is 5.32 Å². The molecule has 0 spiro atoms. The number of benzene rings is 3. The Labute approximate surface area is 178 Å². The number of nitrogens with zero attached hydrogens (tertiary/aromatic N) is 1. The van der Waals surface area contributed by atoms with E-state index < -0.39 is 11.8 Å². The van der Waals surface area contributed by atoms with Gasteiger partial charge in [-0.15, -0.1) is 0 Å². The highest BCUT2D eigenvalue weighted by atomic mass is 35.5. The van der Waals surface area contributed by atoms with Crippen molar-refractivity contribution in [3.05, 3.63) is 95.0 Å². The van der Waals surface area contributed by atoms with Crippen LogP contribution in [0.3, 0.4) is 0 Å². The number of hydrogen-bond donors (Lipinski definition) is 1. The molecule has 6 heteroatoms. The van der Waals surface area contributed by atoms with E-state index in [0.29, 0.717) is 10.7 Å². The number of rotatable bonds is 3. The molecular formula is C23H15ClN2O2S. The van der Waals surface area contributed by atoms with Crippen LogP contribution >= 0.6 is 23.8 Å². The first-order chi connectivity index (χ1) is 14.0. The molecule has 4 rings (SSSR count). The maximum absolute atomic E-state index is 13.0. The van der Waals surface area contributed by atoms with Crippen LogP contribution in [0.2, 0.25) is 5.02 Å². The van der Waals surface area contributed by atoms with Crippen molar-refractivity contribution in [2.24, 2.45) is 0 Å². The summed E-state index contributed by atoms with van der Waals surface area (Å²) < 4.78 is 0. The molecule has 2 amide bonds. The van der Waals surface area contributed by atoms with Gasteiger partial charge in [-0.25, -0.2) is 0 Å². The molecule has 1 fully saturated rings. The van der Waals surface area contributed by atoms with Gasteiger partial charge >= 0.3 is 0 Å². The number of amides is 2. The van der Waals surface area contributed by atoms with Gasteiger partial charge in [0, 0.05) is 5.02 Å². The summed E-state index contributed by atoms with van der Waals surface area (Å²) >= 11 is 11.1. The Bertz CT molecular complexity index is 1120. The zero-order chi connectivity index (χ0) is 20.4.